The van der Waals surface area contributed by atoms with Crippen LogP contribution in [0, 0.1) is 0 Å². The number of carbonyl (C=O) groups excluding carboxylic acids is 2. The van der Waals surface area contributed by atoms with Gasteiger partial charge in [-0.3, -0.25) is 9.59 Å². The molecule has 0 aromatic heterocycles. The van der Waals surface area contributed by atoms with E-state index in [0.29, 0.717) is 11.1 Å². The summed E-state index contributed by atoms with van der Waals surface area (Å²) in [5, 5.41) is 4.28. The first kappa shape index (κ1) is 26.7. The van der Waals surface area contributed by atoms with Crippen molar-refractivity contribution < 1.29 is 9.59 Å². The fourth-order valence-corrected chi connectivity index (χ4v) is 7.90. The van der Waals surface area contributed by atoms with Gasteiger partial charge in [0.05, 0.1) is 16.9 Å². The SMILES string of the molecule is O=C1C(=Cc2ccc3c(c2)Sc2c(ccc4ccccc24)N3c2ccc(-c3ccccc3)cc2)C(=O)c2cc3ccccc3cc21. The van der Waals surface area contributed by atoms with Gasteiger partial charge in [-0.05, 0) is 86.8 Å². The molecule has 46 heavy (non-hydrogen) atoms. The van der Waals surface area contributed by atoms with E-state index in [1.54, 1.807) is 17.8 Å². The number of nitrogens with zero attached hydrogens (tertiary/aromatic N) is 1. The molecule has 2 aliphatic rings. The van der Waals surface area contributed by atoms with Crippen molar-refractivity contribution in [3.8, 4) is 11.1 Å². The summed E-state index contributed by atoms with van der Waals surface area (Å²) in [6.07, 6.45) is 1.76. The zero-order valence-electron chi connectivity index (χ0n) is 24.6. The fourth-order valence-electron chi connectivity index (χ4n) is 6.66. The standard InChI is InChI=1S/C42H25NO2S/c44-40-34-24-30-11-4-5-12-31(30)25-35(34)41(45)36(40)22-26-14-20-37-39(23-26)46-42-33-13-7-6-10-29(33)17-21-38(42)43(37)32-18-15-28(16-19-32)27-8-2-1-3-9-27/h1-25H. The van der Waals surface area contributed by atoms with E-state index in [-0.39, 0.29) is 17.1 Å². The summed E-state index contributed by atoms with van der Waals surface area (Å²) in [6.45, 7) is 0. The monoisotopic (exact) mass is 607 g/mol. The van der Waals surface area contributed by atoms with Crippen molar-refractivity contribution in [3.63, 3.8) is 0 Å². The Kier molecular flexibility index (Phi) is 6.05. The minimum Gasteiger partial charge on any atom is -0.308 e. The van der Waals surface area contributed by atoms with Crippen molar-refractivity contribution in [2.45, 2.75) is 9.79 Å². The van der Waals surface area contributed by atoms with Gasteiger partial charge in [-0.25, -0.2) is 0 Å². The summed E-state index contributed by atoms with van der Waals surface area (Å²) in [7, 11) is 0. The Morgan fingerprint density at radius 3 is 1.85 bits per heavy atom. The number of allylic oxidation sites excluding steroid dienone is 1. The highest BCUT2D eigenvalue weighted by atomic mass is 32.2. The van der Waals surface area contributed by atoms with E-state index in [0.717, 1.165) is 43.9 Å². The molecule has 0 amide bonds. The number of hydrogen-bond acceptors (Lipinski definition) is 4. The Hall–Kier alpha value is -5.71. The van der Waals surface area contributed by atoms with Crippen LogP contribution >= 0.6 is 11.8 Å². The van der Waals surface area contributed by atoms with Gasteiger partial charge in [0.1, 0.15) is 0 Å². The molecule has 0 saturated heterocycles. The van der Waals surface area contributed by atoms with Crippen LogP contribution < -0.4 is 4.90 Å². The highest BCUT2D eigenvalue weighted by Crippen LogP contribution is 2.54. The first-order valence-electron chi connectivity index (χ1n) is 15.3. The zero-order chi connectivity index (χ0) is 30.8. The van der Waals surface area contributed by atoms with Gasteiger partial charge in [-0.15, -0.1) is 0 Å². The largest absolute Gasteiger partial charge is 0.308 e. The number of carbonyl (C=O) groups is 2. The predicted molar refractivity (Wildman–Crippen MR) is 189 cm³/mol. The average Bonchev–Trinajstić information content (AvgIpc) is 3.33. The number of hydrogen-bond donors (Lipinski definition) is 0. The van der Waals surface area contributed by atoms with E-state index in [1.807, 2.05) is 48.5 Å². The zero-order valence-corrected chi connectivity index (χ0v) is 25.4. The van der Waals surface area contributed by atoms with Gasteiger partial charge in [-0.1, -0.05) is 115 Å². The fraction of sp³-hybridized carbons (Fsp3) is 0. The van der Waals surface area contributed by atoms with Crippen LogP contribution in [-0.4, -0.2) is 11.6 Å². The number of ketones is 2. The van der Waals surface area contributed by atoms with E-state index < -0.39 is 0 Å². The molecule has 3 nitrogen and oxygen atoms in total. The Balaban J connectivity index is 1.15. The van der Waals surface area contributed by atoms with Crippen LogP contribution in [0.3, 0.4) is 0 Å². The van der Waals surface area contributed by atoms with Gasteiger partial charge >= 0.3 is 0 Å². The van der Waals surface area contributed by atoms with Crippen LogP contribution in [0.15, 0.2) is 161 Å². The van der Waals surface area contributed by atoms with Crippen LogP contribution in [0.2, 0.25) is 0 Å². The minimum atomic E-state index is -0.215. The first-order valence-corrected chi connectivity index (χ1v) is 16.1. The quantitative estimate of drug-likeness (QED) is 0.148. The Labute approximate surface area is 270 Å². The van der Waals surface area contributed by atoms with Crippen molar-refractivity contribution in [3.05, 3.63) is 168 Å². The van der Waals surface area contributed by atoms with E-state index in [4.69, 9.17) is 0 Å². The third kappa shape index (κ3) is 4.22. The van der Waals surface area contributed by atoms with E-state index in [2.05, 4.69) is 102 Å². The third-order valence-electron chi connectivity index (χ3n) is 8.94. The Morgan fingerprint density at radius 1 is 0.522 bits per heavy atom. The van der Waals surface area contributed by atoms with Crippen molar-refractivity contribution >= 4 is 68.0 Å². The average molecular weight is 608 g/mol. The first-order chi connectivity index (χ1) is 22.6. The molecule has 7 aromatic rings. The maximum atomic E-state index is 13.5. The highest BCUT2D eigenvalue weighted by Gasteiger charge is 2.34. The maximum absolute atomic E-state index is 13.5. The molecule has 1 heterocycles. The second-order valence-corrected chi connectivity index (χ2v) is 12.7. The van der Waals surface area contributed by atoms with Gasteiger partial charge in [0.25, 0.3) is 0 Å². The number of anilines is 3. The molecule has 0 fully saturated rings. The summed E-state index contributed by atoms with van der Waals surface area (Å²) in [5.41, 5.74) is 7.58. The van der Waals surface area contributed by atoms with Crippen LogP contribution in [-0.2, 0) is 0 Å². The summed E-state index contributed by atoms with van der Waals surface area (Å²) >= 11 is 1.73. The second kappa shape index (κ2) is 10.4. The predicted octanol–water partition coefficient (Wildman–Crippen LogP) is 11.1. The summed E-state index contributed by atoms with van der Waals surface area (Å²) in [5.74, 6) is -0.430. The molecular weight excluding hydrogens is 583 g/mol. The molecule has 0 atom stereocenters. The van der Waals surface area contributed by atoms with Gasteiger partial charge in [-0.2, -0.15) is 0 Å². The molecule has 216 valence electrons. The normalized spacial score (nSPS) is 13.6. The number of rotatable bonds is 3. The number of Topliss-reactive ketones (excluding diaryl/α,β-unsaturated/α-hetero) is 2. The maximum Gasteiger partial charge on any atom is 0.197 e. The Morgan fingerprint density at radius 2 is 1.13 bits per heavy atom. The lowest BCUT2D eigenvalue weighted by Gasteiger charge is -2.34. The lowest BCUT2D eigenvalue weighted by molar-refractivity contribution is 0.0990. The molecule has 1 aliphatic carbocycles. The van der Waals surface area contributed by atoms with Crippen molar-refractivity contribution in [1.29, 1.82) is 0 Å². The van der Waals surface area contributed by atoms with Crippen molar-refractivity contribution in [2.75, 3.05) is 4.90 Å². The van der Waals surface area contributed by atoms with E-state index >= 15 is 0 Å². The lowest BCUT2D eigenvalue weighted by Crippen LogP contribution is -2.15. The van der Waals surface area contributed by atoms with E-state index in [1.165, 1.54) is 21.2 Å². The highest BCUT2D eigenvalue weighted by molar-refractivity contribution is 8.00. The molecule has 0 saturated carbocycles. The molecule has 1 aliphatic heterocycles. The van der Waals surface area contributed by atoms with Crippen LogP contribution in [0.4, 0.5) is 17.1 Å². The number of fused-ring (bicyclic) bond motifs is 6. The Bertz CT molecular complexity index is 2370. The third-order valence-corrected chi connectivity index (χ3v) is 10.1. The number of benzene rings is 7. The van der Waals surface area contributed by atoms with Crippen molar-refractivity contribution in [2.24, 2.45) is 0 Å². The van der Waals surface area contributed by atoms with Crippen LogP contribution in [0.25, 0.3) is 38.7 Å². The van der Waals surface area contributed by atoms with Gasteiger partial charge in [0.2, 0.25) is 0 Å². The molecule has 0 unspecified atom stereocenters. The molecule has 0 bridgehead atoms. The smallest absolute Gasteiger partial charge is 0.197 e. The molecular formula is C42H25NO2S. The molecule has 0 spiro atoms. The van der Waals surface area contributed by atoms with Gasteiger partial charge < -0.3 is 4.90 Å². The van der Waals surface area contributed by atoms with Crippen LogP contribution in [0.5, 0.6) is 0 Å². The topological polar surface area (TPSA) is 37.4 Å². The summed E-state index contributed by atoms with van der Waals surface area (Å²) < 4.78 is 0. The molecule has 0 radical (unpaired) electrons. The second-order valence-electron chi connectivity index (χ2n) is 11.7. The van der Waals surface area contributed by atoms with E-state index in [9.17, 15) is 9.59 Å². The minimum absolute atomic E-state index is 0.213. The lowest BCUT2D eigenvalue weighted by atomic mass is 10.0. The van der Waals surface area contributed by atoms with Gasteiger partial charge in [0, 0.05) is 26.6 Å². The molecule has 9 rings (SSSR count). The summed E-state index contributed by atoms with van der Waals surface area (Å²) in [4.78, 5) is 31.6. The van der Waals surface area contributed by atoms with Crippen LogP contribution in [0.1, 0.15) is 26.3 Å². The molecule has 7 aromatic carbocycles. The van der Waals surface area contributed by atoms with Crippen molar-refractivity contribution in [1.82, 2.24) is 0 Å². The molecule has 4 heteroatoms. The molecule has 0 N–H and O–H groups in total. The van der Waals surface area contributed by atoms with Gasteiger partial charge in [0.15, 0.2) is 11.6 Å². The summed E-state index contributed by atoms with van der Waals surface area (Å²) in [6, 6.07) is 49.7.